The quantitative estimate of drug-likeness (QED) is 0.564. The molecule has 37 heavy (non-hydrogen) atoms. The number of rotatable bonds is 6. The average molecular weight is 524 g/mol. The molecule has 4 fully saturated rings. The summed E-state index contributed by atoms with van der Waals surface area (Å²) in [5.41, 5.74) is 2.87. The zero-order chi connectivity index (χ0) is 25.8. The molecule has 2 aliphatic heterocycles. The Morgan fingerprint density at radius 3 is 2.54 bits per heavy atom. The molecule has 2 aliphatic carbocycles. The van der Waals surface area contributed by atoms with Crippen molar-refractivity contribution in [1.29, 1.82) is 4.78 Å². The molecule has 3 heterocycles. The van der Waals surface area contributed by atoms with Gasteiger partial charge >= 0.3 is 0 Å². The third-order valence-corrected chi connectivity index (χ3v) is 10.8. The molecule has 1 aromatic heterocycles. The highest BCUT2D eigenvalue weighted by atomic mass is 32.2. The molecule has 2 atom stereocenters. The predicted molar refractivity (Wildman–Crippen MR) is 146 cm³/mol. The first kappa shape index (κ1) is 24.7. The maximum atomic E-state index is 13.6. The number of anilines is 3. The van der Waals surface area contributed by atoms with E-state index in [4.69, 9.17) is 14.5 Å². The molecule has 6 rings (SSSR count). The average Bonchev–Trinajstić information content (AvgIpc) is 3.80. The van der Waals surface area contributed by atoms with Crippen LogP contribution in [0.2, 0.25) is 0 Å². The molecule has 0 bridgehead atoms. The lowest BCUT2D eigenvalue weighted by molar-refractivity contribution is 0.0529. The molecule has 9 heteroatoms. The lowest BCUT2D eigenvalue weighted by Gasteiger charge is -2.35. The van der Waals surface area contributed by atoms with E-state index in [1.807, 2.05) is 25.1 Å². The van der Waals surface area contributed by atoms with Gasteiger partial charge in [0.15, 0.2) is 0 Å². The predicted octanol–water partition coefficient (Wildman–Crippen LogP) is 4.82. The molecule has 1 aromatic carbocycles. The van der Waals surface area contributed by atoms with E-state index in [1.165, 1.54) is 12.8 Å². The number of carbonyl (C=O) groups is 1. The summed E-state index contributed by atoms with van der Waals surface area (Å²) in [4.78, 5) is 23.4. The molecule has 1 amide bonds. The van der Waals surface area contributed by atoms with Crippen LogP contribution in [-0.2, 0) is 14.5 Å². The summed E-state index contributed by atoms with van der Waals surface area (Å²) in [5.74, 6) is 1.13. The van der Waals surface area contributed by atoms with Crippen LogP contribution in [0.15, 0.2) is 35.2 Å². The SMILES string of the molecule is Cc1cc(NC(=O)c2ccc([S@](=N)(=O)C3CC3)cc2N2CCC3(CC2)CC3)nc(N2CCO[C@H](C)C2)c1. The summed E-state index contributed by atoms with van der Waals surface area (Å²) in [6, 6.07) is 9.28. The van der Waals surface area contributed by atoms with Gasteiger partial charge in [0.05, 0.1) is 33.7 Å². The smallest absolute Gasteiger partial charge is 0.258 e. The first-order valence-electron chi connectivity index (χ1n) is 13.6. The van der Waals surface area contributed by atoms with Gasteiger partial charge in [0.1, 0.15) is 11.6 Å². The van der Waals surface area contributed by atoms with Crippen molar-refractivity contribution in [3.63, 3.8) is 0 Å². The number of carbonyl (C=O) groups excluding carboxylic acids is 1. The van der Waals surface area contributed by atoms with Crippen LogP contribution in [0.4, 0.5) is 17.3 Å². The number of pyridine rings is 1. The number of nitrogens with one attached hydrogen (secondary N) is 2. The number of aromatic nitrogens is 1. The summed E-state index contributed by atoms with van der Waals surface area (Å²) in [6.45, 7) is 8.02. The van der Waals surface area contributed by atoms with Crippen molar-refractivity contribution in [1.82, 2.24) is 4.98 Å². The van der Waals surface area contributed by atoms with E-state index in [-0.39, 0.29) is 17.3 Å². The summed E-state index contributed by atoms with van der Waals surface area (Å²) in [5, 5.41) is 2.98. The molecule has 4 aliphatic rings. The Hall–Kier alpha value is -2.65. The standard InChI is InChI=1S/C28H37N5O3S/c1-19-15-25(30-26(16-19)33-13-14-36-20(2)18-33)31-27(34)23-6-5-22(37(29,35)21-3-4-21)17-24(23)32-11-9-28(7-8-28)10-12-32/h5-6,15-17,20-21,29H,3-4,7-14,18H2,1-2H3,(H,30,31,34)/t20-,37-/m1/s1. The monoisotopic (exact) mass is 523 g/mol. The molecule has 1 spiro atoms. The summed E-state index contributed by atoms with van der Waals surface area (Å²) in [6.07, 6.45) is 6.68. The van der Waals surface area contributed by atoms with Gasteiger partial charge in [-0.3, -0.25) is 4.79 Å². The van der Waals surface area contributed by atoms with Crippen molar-refractivity contribution in [2.45, 2.75) is 68.6 Å². The molecular formula is C28H37N5O3S. The Morgan fingerprint density at radius 1 is 1.11 bits per heavy atom. The van der Waals surface area contributed by atoms with E-state index in [9.17, 15) is 9.00 Å². The fourth-order valence-corrected chi connectivity index (χ4v) is 7.47. The van der Waals surface area contributed by atoms with Crippen LogP contribution in [0.3, 0.4) is 0 Å². The van der Waals surface area contributed by atoms with Crippen molar-refractivity contribution in [3.05, 3.63) is 41.5 Å². The largest absolute Gasteiger partial charge is 0.375 e. The topological polar surface area (TPSA) is 98.6 Å². The van der Waals surface area contributed by atoms with Crippen LogP contribution in [0.25, 0.3) is 0 Å². The molecule has 8 nitrogen and oxygen atoms in total. The number of piperidine rings is 1. The number of benzene rings is 1. The Morgan fingerprint density at radius 2 is 1.86 bits per heavy atom. The van der Waals surface area contributed by atoms with Gasteiger partial charge in [-0.15, -0.1) is 0 Å². The van der Waals surface area contributed by atoms with Crippen LogP contribution in [-0.4, -0.2) is 59.2 Å². The minimum atomic E-state index is -2.85. The second-order valence-corrected chi connectivity index (χ2v) is 13.8. The number of nitrogens with zero attached hydrogens (tertiary/aromatic N) is 3. The molecule has 2 saturated carbocycles. The highest BCUT2D eigenvalue weighted by molar-refractivity contribution is 7.93. The third-order valence-electron chi connectivity index (χ3n) is 8.44. The highest BCUT2D eigenvalue weighted by Gasteiger charge is 2.45. The molecule has 2 N–H and O–H groups in total. The Bertz CT molecular complexity index is 1310. The van der Waals surface area contributed by atoms with E-state index in [2.05, 4.69) is 22.0 Å². The van der Waals surface area contributed by atoms with Gasteiger partial charge in [0, 0.05) is 36.3 Å². The van der Waals surface area contributed by atoms with Crippen LogP contribution in [0, 0.1) is 17.1 Å². The van der Waals surface area contributed by atoms with Crippen molar-refractivity contribution in [3.8, 4) is 0 Å². The van der Waals surface area contributed by atoms with Gasteiger partial charge in [0.2, 0.25) is 0 Å². The molecular weight excluding hydrogens is 486 g/mol. The minimum Gasteiger partial charge on any atom is -0.375 e. The normalized spacial score (nSPS) is 24.5. The summed E-state index contributed by atoms with van der Waals surface area (Å²) >= 11 is 0. The Kier molecular flexibility index (Phi) is 6.18. The maximum Gasteiger partial charge on any atom is 0.258 e. The van der Waals surface area contributed by atoms with E-state index < -0.39 is 9.73 Å². The van der Waals surface area contributed by atoms with Crippen molar-refractivity contribution < 1.29 is 13.7 Å². The second kappa shape index (κ2) is 9.27. The number of morpholine rings is 1. The molecule has 2 saturated heterocycles. The lowest BCUT2D eigenvalue weighted by atomic mass is 9.93. The Balaban J connectivity index is 1.29. The van der Waals surface area contributed by atoms with Gasteiger partial charge in [-0.05, 0) is 93.7 Å². The number of aryl methyl sites for hydroxylation is 1. The van der Waals surface area contributed by atoms with Crippen molar-refractivity contribution in [2.24, 2.45) is 5.41 Å². The van der Waals surface area contributed by atoms with Gasteiger partial charge in [-0.2, -0.15) is 0 Å². The van der Waals surface area contributed by atoms with Gasteiger partial charge in [-0.1, -0.05) is 0 Å². The number of hydrogen-bond donors (Lipinski definition) is 2. The second-order valence-electron chi connectivity index (χ2n) is 11.4. The molecule has 0 unspecified atom stereocenters. The minimum absolute atomic E-state index is 0.0612. The maximum absolute atomic E-state index is 13.6. The highest BCUT2D eigenvalue weighted by Crippen LogP contribution is 2.54. The Labute approximate surface area is 219 Å². The van der Waals surface area contributed by atoms with Crippen LogP contribution in [0.1, 0.15) is 61.4 Å². The van der Waals surface area contributed by atoms with Crippen molar-refractivity contribution >= 4 is 33.0 Å². The molecule has 0 radical (unpaired) electrons. The lowest BCUT2D eigenvalue weighted by Crippen LogP contribution is -2.41. The third kappa shape index (κ3) is 5.08. The summed E-state index contributed by atoms with van der Waals surface area (Å²) in [7, 11) is -2.85. The fraction of sp³-hybridized carbons (Fsp3) is 0.571. The zero-order valence-corrected chi connectivity index (χ0v) is 22.6. The molecule has 2 aromatic rings. The van der Waals surface area contributed by atoms with Gasteiger partial charge < -0.3 is 19.9 Å². The van der Waals surface area contributed by atoms with E-state index >= 15 is 0 Å². The van der Waals surface area contributed by atoms with Crippen LogP contribution in [0.5, 0.6) is 0 Å². The zero-order valence-electron chi connectivity index (χ0n) is 21.8. The first-order valence-corrected chi connectivity index (χ1v) is 15.2. The fourth-order valence-electron chi connectivity index (χ4n) is 5.73. The number of hydrogen-bond acceptors (Lipinski definition) is 7. The number of ether oxygens (including phenoxy) is 1. The van der Waals surface area contributed by atoms with E-state index in [0.29, 0.717) is 28.3 Å². The number of amides is 1. The first-order chi connectivity index (χ1) is 17.7. The summed E-state index contributed by atoms with van der Waals surface area (Å²) < 4.78 is 27.5. The van der Waals surface area contributed by atoms with E-state index in [0.717, 1.165) is 68.9 Å². The van der Waals surface area contributed by atoms with E-state index in [1.54, 1.807) is 12.1 Å². The van der Waals surface area contributed by atoms with Gasteiger partial charge in [-0.25, -0.2) is 14.0 Å². The van der Waals surface area contributed by atoms with Crippen LogP contribution < -0.4 is 15.1 Å². The van der Waals surface area contributed by atoms with Gasteiger partial charge in [0.25, 0.3) is 5.91 Å². The molecule has 198 valence electrons. The van der Waals surface area contributed by atoms with Crippen LogP contribution >= 0.6 is 0 Å². The van der Waals surface area contributed by atoms with Crippen molar-refractivity contribution in [2.75, 3.05) is 47.9 Å².